The molecular formula is C17H14ClFLiN3O2. The van der Waals surface area contributed by atoms with E-state index in [-0.39, 0.29) is 34.9 Å². The Morgan fingerprint density at radius 2 is 1.96 bits per heavy atom. The van der Waals surface area contributed by atoms with Crippen molar-refractivity contribution in [2.45, 2.75) is 26.2 Å². The molecule has 0 aliphatic rings. The molecule has 0 saturated heterocycles. The Morgan fingerprint density at radius 3 is 2.52 bits per heavy atom. The molecule has 5 nitrogen and oxygen atoms in total. The molecule has 2 heterocycles. The van der Waals surface area contributed by atoms with Crippen molar-refractivity contribution in [2.24, 2.45) is 0 Å². The van der Waals surface area contributed by atoms with Crippen LogP contribution >= 0.6 is 11.6 Å². The van der Waals surface area contributed by atoms with Gasteiger partial charge in [0.1, 0.15) is 5.82 Å². The summed E-state index contributed by atoms with van der Waals surface area (Å²) in [6, 6.07) is 5.80. The van der Waals surface area contributed by atoms with E-state index in [0.29, 0.717) is 22.4 Å². The molecule has 3 rings (SSSR count). The molecule has 0 atom stereocenters. The minimum atomic E-state index is -1.31. The average molecular weight is 354 g/mol. The summed E-state index contributed by atoms with van der Waals surface area (Å²) in [6.45, 7) is 5.85. The summed E-state index contributed by atoms with van der Waals surface area (Å²) in [5.41, 5.74) is 1.15. The summed E-state index contributed by atoms with van der Waals surface area (Å²) >= 11 is 5.73. The Labute approximate surface area is 161 Å². The average Bonchev–Trinajstić information content (AvgIpc) is 2.88. The van der Waals surface area contributed by atoms with Gasteiger partial charge >= 0.3 is 18.9 Å². The third-order valence-electron chi connectivity index (χ3n) is 3.62. The van der Waals surface area contributed by atoms with Crippen LogP contribution in [0.15, 0.2) is 30.5 Å². The van der Waals surface area contributed by atoms with Gasteiger partial charge in [-0.2, -0.15) is 5.10 Å². The van der Waals surface area contributed by atoms with E-state index in [9.17, 15) is 14.3 Å². The molecule has 0 N–H and O–H groups in total. The van der Waals surface area contributed by atoms with Crippen molar-refractivity contribution in [3.63, 3.8) is 0 Å². The van der Waals surface area contributed by atoms with E-state index in [1.165, 1.54) is 29.1 Å². The molecule has 1 aromatic carbocycles. The largest absolute Gasteiger partial charge is 1.00 e. The number of nitrogens with zero attached hydrogens (tertiary/aromatic N) is 3. The summed E-state index contributed by atoms with van der Waals surface area (Å²) < 4.78 is 15.3. The maximum Gasteiger partial charge on any atom is 1.00 e. The molecule has 2 aromatic heterocycles. The van der Waals surface area contributed by atoms with Crippen molar-refractivity contribution in [3.8, 4) is 5.69 Å². The normalized spacial score (nSPS) is 11.4. The number of hydrogen-bond donors (Lipinski definition) is 0. The fraction of sp³-hybridized carbons (Fsp3) is 0.235. The summed E-state index contributed by atoms with van der Waals surface area (Å²) in [7, 11) is 0. The molecule has 0 unspecified atom stereocenters. The number of benzene rings is 1. The Bertz CT molecular complexity index is 966. The van der Waals surface area contributed by atoms with Crippen LogP contribution in [0.2, 0.25) is 5.02 Å². The number of halogens is 2. The van der Waals surface area contributed by atoms with Gasteiger partial charge in [-0.1, -0.05) is 32.4 Å². The van der Waals surface area contributed by atoms with Crippen molar-refractivity contribution >= 4 is 28.6 Å². The standard InChI is InChI=1S/C17H15ClFN3O2.Li/c1-17(2,3)14-11-6-9(16(23)24)8-20-15(11)22(21-14)10-4-5-12(18)13(19)7-10;/h4-8H,1-3H3,(H,23,24);/q;+1/p-1. The van der Waals surface area contributed by atoms with Gasteiger partial charge in [-0.3, -0.25) is 0 Å². The van der Waals surface area contributed by atoms with Crippen molar-refractivity contribution in [1.82, 2.24) is 14.8 Å². The van der Waals surface area contributed by atoms with Gasteiger partial charge < -0.3 is 9.90 Å². The van der Waals surface area contributed by atoms with E-state index in [4.69, 9.17) is 11.6 Å². The van der Waals surface area contributed by atoms with Gasteiger partial charge in [0.05, 0.1) is 22.4 Å². The first-order chi connectivity index (χ1) is 11.2. The van der Waals surface area contributed by atoms with Crippen LogP contribution in [0, 0.1) is 5.82 Å². The number of carboxylic acids is 1. The van der Waals surface area contributed by atoms with Crippen molar-refractivity contribution in [1.29, 1.82) is 0 Å². The maximum absolute atomic E-state index is 13.8. The quantitative estimate of drug-likeness (QED) is 0.602. The molecule has 8 heteroatoms. The number of hydrogen-bond acceptors (Lipinski definition) is 4. The van der Waals surface area contributed by atoms with Gasteiger partial charge in [0.2, 0.25) is 0 Å². The molecular weight excluding hydrogens is 340 g/mol. The third kappa shape index (κ3) is 3.57. The second kappa shape index (κ2) is 6.79. The minimum absolute atomic E-state index is 0. The van der Waals surface area contributed by atoms with Crippen LogP contribution in [0.4, 0.5) is 4.39 Å². The summed E-state index contributed by atoms with van der Waals surface area (Å²) in [6.07, 6.45) is 1.20. The van der Waals surface area contributed by atoms with Gasteiger partial charge in [0.25, 0.3) is 0 Å². The number of carboxylic acid groups (broad SMARTS) is 1. The van der Waals surface area contributed by atoms with Crippen LogP contribution in [0.5, 0.6) is 0 Å². The Kier molecular flexibility index (Phi) is 5.29. The van der Waals surface area contributed by atoms with Gasteiger partial charge in [0.15, 0.2) is 5.65 Å². The molecule has 0 aliphatic heterocycles. The second-order valence-corrected chi connectivity index (χ2v) is 6.90. The summed E-state index contributed by atoms with van der Waals surface area (Å²) in [5, 5.41) is 16.3. The van der Waals surface area contributed by atoms with Crippen molar-refractivity contribution in [3.05, 3.63) is 52.6 Å². The SMILES string of the molecule is CC(C)(C)c1nn(-c2ccc(Cl)c(F)c2)c2ncc(C(=O)[O-])cc12.[Li+]. The van der Waals surface area contributed by atoms with Gasteiger partial charge in [-0.25, -0.2) is 14.1 Å². The zero-order valence-corrected chi connectivity index (χ0v) is 15.1. The Morgan fingerprint density at radius 1 is 1.28 bits per heavy atom. The second-order valence-electron chi connectivity index (χ2n) is 6.49. The van der Waals surface area contributed by atoms with Crippen molar-refractivity contribution in [2.75, 3.05) is 0 Å². The van der Waals surface area contributed by atoms with E-state index in [0.717, 1.165) is 0 Å². The number of aromatic nitrogens is 3. The third-order valence-corrected chi connectivity index (χ3v) is 3.92. The number of rotatable bonds is 2. The monoisotopic (exact) mass is 353 g/mol. The molecule has 0 radical (unpaired) electrons. The minimum Gasteiger partial charge on any atom is -0.545 e. The Balaban J connectivity index is 0.00000225. The zero-order valence-electron chi connectivity index (χ0n) is 14.3. The Hall–Kier alpha value is -1.87. The topological polar surface area (TPSA) is 70.8 Å². The molecule has 0 saturated carbocycles. The number of carbonyl (C=O) groups excluding carboxylic acids is 1. The fourth-order valence-electron chi connectivity index (χ4n) is 2.46. The molecule has 3 aromatic rings. The van der Waals surface area contributed by atoms with Crippen LogP contribution in [0.3, 0.4) is 0 Å². The molecule has 25 heavy (non-hydrogen) atoms. The van der Waals surface area contributed by atoms with E-state index in [1.54, 1.807) is 6.07 Å². The van der Waals surface area contributed by atoms with Crippen LogP contribution in [-0.4, -0.2) is 20.7 Å². The van der Waals surface area contributed by atoms with Crippen LogP contribution in [0.25, 0.3) is 16.7 Å². The number of carbonyl (C=O) groups is 1. The van der Waals surface area contributed by atoms with Gasteiger partial charge in [0, 0.05) is 28.6 Å². The fourth-order valence-corrected chi connectivity index (χ4v) is 2.58. The van der Waals surface area contributed by atoms with Crippen molar-refractivity contribution < 1.29 is 33.2 Å². The predicted molar refractivity (Wildman–Crippen MR) is 86.9 cm³/mol. The first-order valence-corrected chi connectivity index (χ1v) is 7.62. The molecule has 0 amide bonds. The summed E-state index contributed by atoms with van der Waals surface area (Å²) in [5.74, 6) is -1.88. The summed E-state index contributed by atoms with van der Waals surface area (Å²) in [4.78, 5) is 15.3. The molecule has 0 aliphatic carbocycles. The van der Waals surface area contributed by atoms with E-state index in [1.807, 2.05) is 20.8 Å². The number of fused-ring (bicyclic) bond motifs is 1. The van der Waals surface area contributed by atoms with E-state index < -0.39 is 11.8 Å². The number of pyridine rings is 1. The molecule has 0 fully saturated rings. The van der Waals surface area contributed by atoms with Crippen LogP contribution in [-0.2, 0) is 5.41 Å². The number of aromatic carboxylic acids is 1. The van der Waals surface area contributed by atoms with Crippen LogP contribution < -0.4 is 24.0 Å². The first kappa shape index (κ1) is 19.5. The zero-order chi connectivity index (χ0) is 17.6. The smallest absolute Gasteiger partial charge is 0.545 e. The van der Waals surface area contributed by atoms with Gasteiger partial charge in [-0.15, -0.1) is 0 Å². The maximum atomic E-state index is 13.8. The molecule has 0 spiro atoms. The van der Waals surface area contributed by atoms with Crippen LogP contribution in [0.1, 0.15) is 36.8 Å². The molecule has 124 valence electrons. The van der Waals surface area contributed by atoms with E-state index in [2.05, 4.69) is 10.1 Å². The van der Waals surface area contributed by atoms with Gasteiger partial charge in [-0.05, 0) is 18.2 Å². The predicted octanol–water partition coefficient (Wildman–Crippen LogP) is -0.122. The van der Waals surface area contributed by atoms with E-state index >= 15 is 0 Å². The molecule has 0 bridgehead atoms. The first-order valence-electron chi connectivity index (χ1n) is 7.24.